The first-order valence-electron chi connectivity index (χ1n) is 18.2. The van der Waals surface area contributed by atoms with Crippen LogP contribution in [-0.4, -0.2) is 91.1 Å². The summed E-state index contributed by atoms with van der Waals surface area (Å²) in [5.74, 6) is 1.30. The van der Waals surface area contributed by atoms with Crippen LogP contribution in [0.2, 0.25) is 0 Å². The van der Waals surface area contributed by atoms with E-state index in [0.29, 0.717) is 69.6 Å². The van der Waals surface area contributed by atoms with Gasteiger partial charge in [0.2, 0.25) is 6.79 Å². The van der Waals surface area contributed by atoms with Crippen LogP contribution in [-0.2, 0) is 32.7 Å². The number of aromatic hydroxyl groups is 1. The SMILES string of the molecule is COc1c(C)cc2c(c1O)[C@@H](N(C)C)[C@@H]1[C@@H]3SC[C@@]4(NCCc5c4oc4ccccc54)C(=O)OC[C@@H](c4c5c(c(C)c(OC(C)=O)c43)OCO5)N1[C@@H](O)C2. The van der Waals surface area contributed by atoms with Gasteiger partial charge < -0.3 is 43.2 Å². The Morgan fingerprint density at radius 1 is 1.09 bits per heavy atom. The van der Waals surface area contributed by atoms with Gasteiger partial charge >= 0.3 is 11.9 Å². The molecule has 6 aliphatic rings. The van der Waals surface area contributed by atoms with Crippen LogP contribution in [0.15, 0.2) is 34.7 Å². The predicted octanol–water partition coefficient (Wildman–Crippen LogP) is 4.69. The van der Waals surface area contributed by atoms with Gasteiger partial charge in [-0.05, 0) is 51.6 Å². The Balaban J connectivity index is 1.33. The first kappa shape index (κ1) is 35.2. The molecule has 1 fully saturated rings. The molecule has 0 amide bonds. The number of para-hydroxylation sites is 1. The fraction of sp³-hybridized carbons (Fsp3) is 0.450. The molecule has 0 aliphatic carbocycles. The van der Waals surface area contributed by atoms with Crippen molar-refractivity contribution in [3.05, 3.63) is 75.0 Å². The number of nitrogens with one attached hydrogen (secondary N) is 1. The largest absolute Gasteiger partial charge is 0.504 e. The van der Waals surface area contributed by atoms with Gasteiger partial charge in [-0.2, -0.15) is 0 Å². The van der Waals surface area contributed by atoms with Gasteiger partial charge in [-0.3, -0.25) is 15.0 Å². The second-order valence-electron chi connectivity index (χ2n) is 15.0. The van der Waals surface area contributed by atoms with E-state index in [0.717, 1.165) is 22.1 Å². The van der Waals surface area contributed by atoms with Crippen molar-refractivity contribution in [2.75, 3.05) is 46.9 Å². The number of carbonyl (C=O) groups is 2. The van der Waals surface area contributed by atoms with Gasteiger partial charge in [-0.1, -0.05) is 24.3 Å². The zero-order valence-electron chi connectivity index (χ0n) is 31.0. The maximum atomic E-state index is 14.7. The molecule has 3 aromatic carbocycles. The summed E-state index contributed by atoms with van der Waals surface area (Å²) in [7, 11) is 5.41. The van der Waals surface area contributed by atoms with Gasteiger partial charge in [0.25, 0.3) is 0 Å². The third-order valence-corrected chi connectivity index (χ3v) is 13.2. The summed E-state index contributed by atoms with van der Waals surface area (Å²) in [5.41, 5.74) is 4.35. The number of fused-ring (bicyclic) bond motifs is 8. The molecule has 7 heterocycles. The zero-order valence-corrected chi connectivity index (χ0v) is 31.8. The number of rotatable bonds is 3. The minimum Gasteiger partial charge on any atom is -0.504 e. The molecule has 0 unspecified atom stereocenters. The number of carbonyl (C=O) groups excluding carboxylic acids is 2. The molecular formula is C40H43N3O10S. The summed E-state index contributed by atoms with van der Waals surface area (Å²) in [4.78, 5) is 31.7. The van der Waals surface area contributed by atoms with E-state index in [1.807, 2.05) is 68.1 Å². The molecule has 0 saturated carbocycles. The minimum atomic E-state index is -1.36. The monoisotopic (exact) mass is 757 g/mol. The van der Waals surface area contributed by atoms with Crippen LogP contribution in [0.4, 0.5) is 0 Å². The van der Waals surface area contributed by atoms with Crippen molar-refractivity contribution in [3.63, 3.8) is 0 Å². The van der Waals surface area contributed by atoms with Crippen LogP contribution in [0.25, 0.3) is 11.0 Å². The van der Waals surface area contributed by atoms with E-state index in [4.69, 9.17) is 28.1 Å². The lowest BCUT2D eigenvalue weighted by Gasteiger charge is -2.53. The smallest absolute Gasteiger partial charge is 0.335 e. The first-order valence-corrected chi connectivity index (χ1v) is 19.2. The number of phenolic OH excluding ortho intramolecular Hbond substituents is 1. The van der Waals surface area contributed by atoms with Crippen LogP contribution < -0.4 is 24.3 Å². The second kappa shape index (κ2) is 12.8. The van der Waals surface area contributed by atoms with Gasteiger partial charge in [-0.25, -0.2) is 4.79 Å². The molecule has 3 N–H and O–H groups in total. The molecule has 13 nitrogen and oxygen atoms in total. The van der Waals surface area contributed by atoms with Gasteiger partial charge in [-0.15, -0.1) is 11.8 Å². The number of furan rings is 1. The fourth-order valence-corrected chi connectivity index (χ4v) is 11.3. The molecule has 6 aliphatic heterocycles. The summed E-state index contributed by atoms with van der Waals surface area (Å²) in [6, 6.07) is 7.83. The van der Waals surface area contributed by atoms with Gasteiger partial charge in [0.1, 0.15) is 29.9 Å². The number of likely N-dealkylation sites (N-methyl/N-ethyl adjacent to an activating group) is 1. The molecule has 2 bridgehead atoms. The zero-order chi connectivity index (χ0) is 37.8. The Morgan fingerprint density at radius 2 is 1.87 bits per heavy atom. The molecule has 1 aromatic heterocycles. The van der Waals surface area contributed by atoms with Crippen LogP contribution >= 0.6 is 11.8 Å². The van der Waals surface area contributed by atoms with E-state index in [-0.39, 0.29) is 31.3 Å². The maximum Gasteiger partial charge on any atom is 0.335 e. The summed E-state index contributed by atoms with van der Waals surface area (Å²) >= 11 is 1.49. The van der Waals surface area contributed by atoms with Crippen molar-refractivity contribution in [2.45, 2.75) is 68.8 Å². The molecule has 1 saturated heterocycles. The maximum absolute atomic E-state index is 14.7. The highest BCUT2D eigenvalue weighted by Crippen LogP contribution is 2.63. The number of aliphatic hydroxyl groups is 1. The molecule has 0 radical (unpaired) electrons. The van der Waals surface area contributed by atoms with Crippen molar-refractivity contribution in [2.24, 2.45) is 0 Å². The van der Waals surface area contributed by atoms with E-state index in [9.17, 15) is 19.8 Å². The third-order valence-electron chi connectivity index (χ3n) is 11.7. The Labute approximate surface area is 316 Å². The summed E-state index contributed by atoms with van der Waals surface area (Å²) in [6.07, 6.45) is -0.254. The average molecular weight is 758 g/mol. The molecular weight excluding hydrogens is 715 g/mol. The van der Waals surface area contributed by atoms with Crippen molar-refractivity contribution < 1.29 is 47.9 Å². The van der Waals surface area contributed by atoms with E-state index in [1.54, 1.807) is 0 Å². The topological polar surface area (TPSA) is 152 Å². The number of nitrogens with zero attached hydrogens (tertiary/aromatic N) is 2. The lowest BCUT2D eigenvalue weighted by molar-refractivity contribution is -0.159. The highest BCUT2D eigenvalue weighted by molar-refractivity contribution is 7.99. The predicted molar refractivity (Wildman–Crippen MR) is 198 cm³/mol. The van der Waals surface area contributed by atoms with Crippen molar-refractivity contribution in [1.29, 1.82) is 0 Å². The highest BCUT2D eigenvalue weighted by Gasteiger charge is 2.58. The normalized spacial score (nSPS) is 27.2. The Morgan fingerprint density at radius 3 is 2.63 bits per heavy atom. The lowest BCUT2D eigenvalue weighted by atomic mass is 9.80. The van der Waals surface area contributed by atoms with Crippen LogP contribution in [0.3, 0.4) is 0 Å². The van der Waals surface area contributed by atoms with Crippen molar-refractivity contribution >= 4 is 34.7 Å². The number of benzene rings is 3. The van der Waals surface area contributed by atoms with E-state index in [1.165, 1.54) is 25.8 Å². The van der Waals surface area contributed by atoms with Crippen molar-refractivity contribution in [1.82, 2.24) is 15.1 Å². The van der Waals surface area contributed by atoms with Gasteiger partial charge in [0.05, 0.1) is 24.4 Å². The number of hydrogen-bond acceptors (Lipinski definition) is 14. The Kier molecular flexibility index (Phi) is 8.36. The second-order valence-corrected chi connectivity index (χ2v) is 16.1. The minimum absolute atomic E-state index is 0.00396. The number of hydrogen-bond donors (Lipinski definition) is 3. The van der Waals surface area contributed by atoms with E-state index >= 15 is 0 Å². The molecule has 284 valence electrons. The number of thioether (sulfide) groups is 1. The standard InChI is InChI=1S/C40H43N3O10S/c1-18-13-21-14-26(45)43-24-15-49-39(47)40(38-23(11-12-41-40)22-9-7-8-10-25(22)53-38)16-54-37(31(43)30(42(4)5)27(21)32(46)33(18)48-6)29-28(24)36-35(50-17-51-36)19(2)34(29)52-20(3)44/h7-10,13,24,26,30-31,37,41,45-46H,11-12,14-17H2,1-6H3/t24-,26-,30+,31+,37+,40-/m0/s1. The van der Waals surface area contributed by atoms with Crippen LogP contribution in [0, 0.1) is 13.8 Å². The lowest BCUT2D eigenvalue weighted by Crippen LogP contribution is -2.60. The fourth-order valence-electron chi connectivity index (χ4n) is 9.63. The number of aliphatic hydroxyl groups excluding tert-OH is 1. The highest BCUT2D eigenvalue weighted by atomic mass is 32.2. The molecule has 6 atom stereocenters. The van der Waals surface area contributed by atoms with Gasteiger partial charge in [0, 0.05) is 64.9 Å². The van der Waals surface area contributed by atoms with Crippen molar-refractivity contribution in [3.8, 4) is 28.7 Å². The first-order chi connectivity index (χ1) is 26.0. The number of aryl methyl sites for hydroxylation is 1. The summed E-state index contributed by atoms with van der Waals surface area (Å²) in [6.45, 7) is 5.35. The van der Waals surface area contributed by atoms with Crippen LogP contribution in [0.5, 0.6) is 28.7 Å². The average Bonchev–Trinajstić information content (AvgIpc) is 3.75. The Bertz CT molecular complexity index is 2240. The van der Waals surface area contributed by atoms with E-state index < -0.39 is 47.1 Å². The number of ether oxygens (including phenoxy) is 5. The molecule has 4 aromatic rings. The Hall–Kier alpha value is -4.47. The van der Waals surface area contributed by atoms with E-state index in [2.05, 4.69) is 5.32 Å². The number of esters is 2. The quantitative estimate of drug-likeness (QED) is 0.196. The van der Waals surface area contributed by atoms with Gasteiger partial charge in [0.15, 0.2) is 28.5 Å². The number of methoxy groups -OCH3 is 1. The molecule has 1 spiro atoms. The summed E-state index contributed by atoms with van der Waals surface area (Å²) in [5, 5.41) is 28.4. The molecule has 14 heteroatoms. The molecule has 10 rings (SSSR count). The molecule has 54 heavy (non-hydrogen) atoms. The third kappa shape index (κ3) is 4.93. The summed E-state index contributed by atoms with van der Waals surface area (Å²) < 4.78 is 37.0. The number of phenols is 1. The van der Waals surface area contributed by atoms with Crippen LogP contribution in [0.1, 0.15) is 69.0 Å².